The van der Waals surface area contributed by atoms with Crippen LogP contribution in [0, 0.1) is 5.82 Å². The van der Waals surface area contributed by atoms with Crippen molar-refractivity contribution in [1.82, 2.24) is 5.32 Å². The summed E-state index contributed by atoms with van der Waals surface area (Å²) in [6.07, 6.45) is 6.88. The van der Waals surface area contributed by atoms with Gasteiger partial charge in [0, 0.05) is 6.04 Å². The summed E-state index contributed by atoms with van der Waals surface area (Å²) < 4.78 is 19.3. The van der Waals surface area contributed by atoms with Crippen molar-refractivity contribution in [3.8, 4) is 5.75 Å². The van der Waals surface area contributed by atoms with E-state index in [0.717, 1.165) is 25.7 Å². The summed E-state index contributed by atoms with van der Waals surface area (Å²) in [7, 11) is 0. The third kappa shape index (κ3) is 4.47. The second-order valence-corrected chi connectivity index (χ2v) is 7.43. The molecule has 0 spiro atoms. The van der Waals surface area contributed by atoms with E-state index >= 15 is 0 Å². The zero-order chi connectivity index (χ0) is 20.2. The highest BCUT2D eigenvalue weighted by Crippen LogP contribution is 2.35. The van der Waals surface area contributed by atoms with Gasteiger partial charge < -0.3 is 10.1 Å². The van der Waals surface area contributed by atoms with E-state index in [4.69, 9.17) is 4.74 Å². The first-order valence-corrected chi connectivity index (χ1v) is 9.95. The Labute approximate surface area is 169 Å². The van der Waals surface area contributed by atoms with Crippen LogP contribution in [0.25, 0.3) is 6.08 Å². The van der Waals surface area contributed by atoms with Crippen LogP contribution in [0.2, 0.25) is 0 Å². The predicted molar refractivity (Wildman–Crippen MR) is 109 cm³/mol. The molecule has 2 aliphatic rings. The van der Waals surface area contributed by atoms with Gasteiger partial charge in [-0.2, -0.15) is 0 Å². The normalized spacial score (nSPS) is 18.3. The van der Waals surface area contributed by atoms with E-state index in [1.165, 1.54) is 29.5 Å². The topological polar surface area (TPSA) is 58.6 Å². The summed E-state index contributed by atoms with van der Waals surface area (Å²) >= 11 is 0. The average Bonchev–Trinajstić information content (AvgIpc) is 2.72. The van der Waals surface area contributed by atoms with E-state index in [1.807, 2.05) is 0 Å². The number of anilines is 1. The van der Waals surface area contributed by atoms with Crippen LogP contribution < -0.4 is 15.0 Å². The summed E-state index contributed by atoms with van der Waals surface area (Å²) in [6, 6.07) is 13.2. The van der Waals surface area contributed by atoms with E-state index < -0.39 is 11.7 Å². The minimum absolute atomic E-state index is 0.0553. The molecular formula is C23H23FN2O3. The van der Waals surface area contributed by atoms with Gasteiger partial charge in [-0.25, -0.2) is 4.39 Å². The number of nitrogens with one attached hydrogen (secondary N) is 1. The minimum atomic E-state index is -0.424. The highest BCUT2D eigenvalue weighted by molar-refractivity contribution is 6.12. The number of nitrogens with zero attached hydrogens (tertiary/aromatic N) is 1. The van der Waals surface area contributed by atoms with Crippen LogP contribution >= 0.6 is 0 Å². The van der Waals surface area contributed by atoms with Crippen molar-refractivity contribution >= 4 is 23.6 Å². The van der Waals surface area contributed by atoms with Gasteiger partial charge in [-0.3, -0.25) is 14.5 Å². The van der Waals surface area contributed by atoms with Gasteiger partial charge in [0.25, 0.3) is 5.91 Å². The molecular weight excluding hydrogens is 371 g/mol. The quantitative estimate of drug-likeness (QED) is 0.797. The number of halogens is 1. The van der Waals surface area contributed by atoms with Crippen molar-refractivity contribution in [2.75, 3.05) is 11.4 Å². The number of benzene rings is 2. The molecule has 0 aromatic heterocycles. The molecule has 2 aromatic carbocycles. The lowest BCUT2D eigenvalue weighted by atomic mass is 9.95. The number of ether oxygens (including phenoxy) is 1. The van der Waals surface area contributed by atoms with Crippen molar-refractivity contribution in [3.63, 3.8) is 0 Å². The van der Waals surface area contributed by atoms with Crippen molar-refractivity contribution in [3.05, 3.63) is 65.7 Å². The number of amides is 2. The Hall–Kier alpha value is -3.15. The Morgan fingerprint density at radius 2 is 1.93 bits per heavy atom. The standard InChI is InChI=1S/C23H23FN2O3/c24-17-8-6-7-16(13-17)14-21-23(28)26(19-11-4-5-12-20(19)29-21)15-22(27)25-18-9-2-1-3-10-18/h4-8,11-14,18H,1-3,9-10,15H2,(H,25,27). The first-order valence-electron chi connectivity index (χ1n) is 9.95. The second kappa shape index (κ2) is 8.47. The van der Waals surface area contributed by atoms with Crippen LogP contribution in [0.1, 0.15) is 37.7 Å². The molecule has 4 rings (SSSR count). The van der Waals surface area contributed by atoms with Gasteiger partial charge in [0.05, 0.1) is 5.69 Å². The number of hydrogen-bond acceptors (Lipinski definition) is 3. The molecule has 1 N–H and O–H groups in total. The van der Waals surface area contributed by atoms with Gasteiger partial charge in [-0.1, -0.05) is 43.5 Å². The van der Waals surface area contributed by atoms with E-state index in [1.54, 1.807) is 36.4 Å². The van der Waals surface area contributed by atoms with Crippen LogP contribution in [0.15, 0.2) is 54.3 Å². The molecule has 0 radical (unpaired) electrons. The maximum atomic E-state index is 13.5. The number of carbonyl (C=O) groups is 2. The second-order valence-electron chi connectivity index (χ2n) is 7.43. The van der Waals surface area contributed by atoms with Gasteiger partial charge in [0.1, 0.15) is 12.4 Å². The fourth-order valence-corrected chi connectivity index (χ4v) is 3.83. The maximum absolute atomic E-state index is 13.5. The molecule has 0 atom stereocenters. The molecule has 0 unspecified atom stereocenters. The first-order chi connectivity index (χ1) is 14.1. The number of carbonyl (C=O) groups excluding carboxylic acids is 2. The third-order valence-electron chi connectivity index (χ3n) is 5.25. The third-order valence-corrected chi connectivity index (χ3v) is 5.25. The van der Waals surface area contributed by atoms with E-state index in [0.29, 0.717) is 17.0 Å². The zero-order valence-corrected chi connectivity index (χ0v) is 16.1. The largest absolute Gasteiger partial charge is 0.449 e. The Kier molecular flexibility index (Phi) is 5.60. The van der Waals surface area contributed by atoms with Gasteiger partial charge in [-0.05, 0) is 48.7 Å². The monoisotopic (exact) mass is 394 g/mol. The van der Waals surface area contributed by atoms with Gasteiger partial charge in [0.15, 0.2) is 11.5 Å². The molecule has 0 bridgehead atoms. The molecule has 2 amide bonds. The lowest BCUT2D eigenvalue weighted by Gasteiger charge is -2.31. The molecule has 29 heavy (non-hydrogen) atoms. The summed E-state index contributed by atoms with van der Waals surface area (Å²) in [4.78, 5) is 27.1. The van der Waals surface area contributed by atoms with Crippen LogP contribution in [0.5, 0.6) is 5.75 Å². The van der Waals surface area contributed by atoms with Gasteiger partial charge in [-0.15, -0.1) is 0 Å². The van der Waals surface area contributed by atoms with Gasteiger partial charge in [0.2, 0.25) is 5.91 Å². The molecule has 1 aliphatic heterocycles. The lowest BCUT2D eigenvalue weighted by Crippen LogP contribution is -2.47. The SMILES string of the molecule is O=C(CN1C(=O)C(=Cc2cccc(F)c2)Oc2ccccc21)NC1CCCCC1. The Balaban J connectivity index is 1.58. The molecule has 0 saturated heterocycles. The number of rotatable bonds is 4. The summed E-state index contributed by atoms with van der Waals surface area (Å²) in [5, 5.41) is 3.05. The van der Waals surface area contributed by atoms with E-state index in [9.17, 15) is 14.0 Å². The average molecular weight is 394 g/mol. The Bertz CT molecular complexity index is 951. The molecule has 1 fully saturated rings. The summed E-state index contributed by atoms with van der Waals surface area (Å²) in [5.74, 6) is -0.467. The minimum Gasteiger partial charge on any atom is -0.449 e. The van der Waals surface area contributed by atoms with Crippen molar-refractivity contribution in [2.45, 2.75) is 38.1 Å². The Morgan fingerprint density at radius 1 is 1.14 bits per heavy atom. The fourth-order valence-electron chi connectivity index (χ4n) is 3.83. The molecule has 2 aromatic rings. The summed E-state index contributed by atoms with van der Waals surface area (Å²) in [6.45, 7) is -0.0871. The highest BCUT2D eigenvalue weighted by atomic mass is 19.1. The first kappa shape index (κ1) is 19.2. The summed E-state index contributed by atoms with van der Waals surface area (Å²) in [5.41, 5.74) is 1.06. The van der Waals surface area contributed by atoms with Crippen LogP contribution in [-0.2, 0) is 9.59 Å². The molecule has 1 heterocycles. The zero-order valence-electron chi connectivity index (χ0n) is 16.1. The Morgan fingerprint density at radius 3 is 2.72 bits per heavy atom. The molecule has 6 heteroatoms. The van der Waals surface area contributed by atoms with E-state index in [-0.39, 0.29) is 24.3 Å². The predicted octanol–water partition coefficient (Wildman–Crippen LogP) is 4.04. The number of hydrogen-bond donors (Lipinski definition) is 1. The number of fused-ring (bicyclic) bond motifs is 1. The number of para-hydroxylation sites is 2. The van der Waals surface area contributed by atoms with Crippen molar-refractivity contribution < 1.29 is 18.7 Å². The van der Waals surface area contributed by atoms with Crippen LogP contribution in [0.4, 0.5) is 10.1 Å². The molecule has 150 valence electrons. The smallest absolute Gasteiger partial charge is 0.294 e. The van der Waals surface area contributed by atoms with Crippen molar-refractivity contribution in [1.29, 1.82) is 0 Å². The van der Waals surface area contributed by atoms with E-state index in [2.05, 4.69) is 5.32 Å². The van der Waals surface area contributed by atoms with Crippen molar-refractivity contribution in [2.24, 2.45) is 0 Å². The van der Waals surface area contributed by atoms with Crippen LogP contribution in [0.3, 0.4) is 0 Å². The lowest BCUT2D eigenvalue weighted by molar-refractivity contribution is -0.124. The molecule has 1 aliphatic carbocycles. The maximum Gasteiger partial charge on any atom is 0.294 e. The fraction of sp³-hybridized carbons (Fsp3) is 0.304. The molecule has 1 saturated carbocycles. The highest BCUT2D eigenvalue weighted by Gasteiger charge is 2.32. The van der Waals surface area contributed by atoms with Crippen LogP contribution in [-0.4, -0.2) is 24.4 Å². The van der Waals surface area contributed by atoms with Gasteiger partial charge >= 0.3 is 0 Å². The molecule has 5 nitrogen and oxygen atoms in total.